The maximum Gasteiger partial charge on any atom is 0.152 e. The topological polar surface area (TPSA) is 65.1 Å². The predicted octanol–water partition coefficient (Wildman–Crippen LogP) is 3.50. The third-order valence-electron chi connectivity index (χ3n) is 3.03. The number of aryl methyl sites for hydroxylation is 1. The monoisotopic (exact) mass is 274 g/mol. The molecule has 0 atom stereocenters. The number of nitrogens with zero attached hydrogens (tertiary/aromatic N) is 2. The fourth-order valence-corrected chi connectivity index (χ4v) is 2.03. The average Bonchev–Trinajstić information content (AvgIpc) is 2.68. The van der Waals surface area contributed by atoms with Crippen LogP contribution in [0.1, 0.15) is 32.5 Å². The van der Waals surface area contributed by atoms with Crippen LogP contribution >= 0.6 is 0 Å². The molecule has 0 radical (unpaired) electrons. The van der Waals surface area contributed by atoms with E-state index in [2.05, 4.69) is 24.3 Å². The fraction of sp³-hybridized carbons (Fsp3) is 0.400. The zero-order valence-corrected chi connectivity index (χ0v) is 12.5. The van der Waals surface area contributed by atoms with E-state index in [1.807, 2.05) is 42.8 Å². The fourth-order valence-electron chi connectivity index (χ4n) is 2.03. The molecule has 0 spiro atoms. The average molecular weight is 274 g/mol. The first-order chi connectivity index (χ1) is 9.52. The third-order valence-corrected chi connectivity index (χ3v) is 3.03. The van der Waals surface area contributed by atoms with Crippen LogP contribution < -0.4 is 15.8 Å². The Morgan fingerprint density at radius 3 is 2.80 bits per heavy atom. The number of aromatic nitrogens is 2. The molecule has 0 bridgehead atoms. The maximum absolute atomic E-state index is 6.11. The molecular formula is C15H22N4O. The first-order valence-electron chi connectivity index (χ1n) is 6.87. The molecule has 0 saturated carbocycles. The minimum Gasteiger partial charge on any atom is -0.494 e. The standard InChI is InChI=1S/C15H22N4O/c1-5-20-13-8-6-7-12(9-13)17-15-14(16)11(4)18-19(15)10(2)3/h6-10,17H,5,16H2,1-4H3. The lowest BCUT2D eigenvalue weighted by atomic mass is 10.3. The highest BCUT2D eigenvalue weighted by molar-refractivity contribution is 5.71. The molecule has 2 rings (SSSR count). The smallest absolute Gasteiger partial charge is 0.152 e. The van der Waals surface area contributed by atoms with Crippen molar-refractivity contribution in [3.63, 3.8) is 0 Å². The first kappa shape index (κ1) is 14.2. The van der Waals surface area contributed by atoms with Crippen LogP contribution in [0.15, 0.2) is 24.3 Å². The molecule has 0 saturated heterocycles. The highest BCUT2D eigenvalue weighted by Crippen LogP contribution is 2.29. The molecule has 2 aromatic rings. The van der Waals surface area contributed by atoms with Crippen molar-refractivity contribution in [1.29, 1.82) is 0 Å². The number of anilines is 3. The highest BCUT2D eigenvalue weighted by Gasteiger charge is 2.14. The van der Waals surface area contributed by atoms with Gasteiger partial charge in [0.1, 0.15) is 5.75 Å². The van der Waals surface area contributed by atoms with Gasteiger partial charge in [-0.25, -0.2) is 4.68 Å². The zero-order chi connectivity index (χ0) is 14.7. The van der Waals surface area contributed by atoms with Crippen LogP contribution in [-0.4, -0.2) is 16.4 Å². The van der Waals surface area contributed by atoms with E-state index >= 15 is 0 Å². The molecular weight excluding hydrogens is 252 g/mol. The molecule has 0 aliphatic heterocycles. The van der Waals surface area contributed by atoms with Crippen molar-refractivity contribution < 1.29 is 4.74 Å². The predicted molar refractivity (Wildman–Crippen MR) is 82.7 cm³/mol. The Morgan fingerprint density at radius 2 is 2.15 bits per heavy atom. The Bertz CT molecular complexity index is 590. The Hall–Kier alpha value is -2.17. The van der Waals surface area contributed by atoms with Crippen LogP contribution in [0.2, 0.25) is 0 Å². The molecule has 108 valence electrons. The summed E-state index contributed by atoms with van der Waals surface area (Å²) in [4.78, 5) is 0. The lowest BCUT2D eigenvalue weighted by Crippen LogP contribution is -2.08. The number of rotatable bonds is 5. The van der Waals surface area contributed by atoms with Crippen LogP contribution in [0.25, 0.3) is 0 Å². The van der Waals surface area contributed by atoms with Crippen molar-refractivity contribution in [2.24, 2.45) is 0 Å². The number of ether oxygens (including phenoxy) is 1. The summed E-state index contributed by atoms with van der Waals surface area (Å²) in [6, 6.07) is 8.06. The van der Waals surface area contributed by atoms with E-state index in [1.165, 1.54) is 0 Å². The van der Waals surface area contributed by atoms with Crippen molar-refractivity contribution in [3.8, 4) is 5.75 Å². The summed E-state index contributed by atoms with van der Waals surface area (Å²) < 4.78 is 7.40. The lowest BCUT2D eigenvalue weighted by Gasteiger charge is -2.14. The normalized spacial score (nSPS) is 10.8. The molecule has 0 fully saturated rings. The SMILES string of the molecule is CCOc1cccc(Nc2c(N)c(C)nn2C(C)C)c1. The van der Waals surface area contributed by atoms with Gasteiger partial charge in [-0.2, -0.15) is 5.10 Å². The van der Waals surface area contributed by atoms with Crippen LogP contribution in [0.3, 0.4) is 0 Å². The number of nitrogens with one attached hydrogen (secondary N) is 1. The Labute approximate surface area is 119 Å². The molecule has 1 aromatic carbocycles. The number of nitrogen functional groups attached to an aromatic ring is 1. The summed E-state index contributed by atoms with van der Waals surface area (Å²) in [5.41, 5.74) is 8.56. The van der Waals surface area contributed by atoms with Gasteiger partial charge in [-0.1, -0.05) is 6.07 Å². The Morgan fingerprint density at radius 1 is 1.40 bits per heavy atom. The van der Waals surface area contributed by atoms with Crippen molar-refractivity contribution in [2.75, 3.05) is 17.7 Å². The Kier molecular flexibility index (Phi) is 4.17. The number of benzene rings is 1. The molecule has 1 aromatic heterocycles. The molecule has 1 heterocycles. The van der Waals surface area contributed by atoms with Gasteiger partial charge < -0.3 is 15.8 Å². The maximum atomic E-state index is 6.11. The van der Waals surface area contributed by atoms with Gasteiger partial charge in [0, 0.05) is 17.8 Å². The molecule has 0 unspecified atom stereocenters. The molecule has 5 heteroatoms. The highest BCUT2D eigenvalue weighted by atomic mass is 16.5. The molecule has 20 heavy (non-hydrogen) atoms. The molecule has 0 aliphatic rings. The molecule has 0 amide bonds. The summed E-state index contributed by atoms with van der Waals surface area (Å²) in [7, 11) is 0. The van der Waals surface area contributed by atoms with E-state index in [9.17, 15) is 0 Å². The summed E-state index contributed by atoms with van der Waals surface area (Å²) in [6.45, 7) is 8.68. The second-order valence-electron chi connectivity index (χ2n) is 4.97. The van der Waals surface area contributed by atoms with Gasteiger partial charge in [-0.15, -0.1) is 0 Å². The number of hydrogen-bond acceptors (Lipinski definition) is 4. The largest absolute Gasteiger partial charge is 0.494 e. The van der Waals surface area contributed by atoms with E-state index in [1.54, 1.807) is 0 Å². The second-order valence-corrected chi connectivity index (χ2v) is 4.97. The Balaban J connectivity index is 2.32. The van der Waals surface area contributed by atoms with Crippen molar-refractivity contribution in [2.45, 2.75) is 33.7 Å². The molecule has 5 nitrogen and oxygen atoms in total. The number of nitrogens with two attached hydrogens (primary N) is 1. The lowest BCUT2D eigenvalue weighted by molar-refractivity contribution is 0.340. The van der Waals surface area contributed by atoms with E-state index in [0.29, 0.717) is 12.3 Å². The molecule has 0 aliphatic carbocycles. The van der Waals surface area contributed by atoms with Gasteiger partial charge in [0.05, 0.1) is 18.0 Å². The summed E-state index contributed by atoms with van der Waals surface area (Å²) >= 11 is 0. The van der Waals surface area contributed by atoms with Gasteiger partial charge in [0.25, 0.3) is 0 Å². The van der Waals surface area contributed by atoms with Crippen molar-refractivity contribution in [3.05, 3.63) is 30.0 Å². The van der Waals surface area contributed by atoms with Crippen LogP contribution in [0.4, 0.5) is 17.2 Å². The van der Waals surface area contributed by atoms with E-state index < -0.39 is 0 Å². The minimum absolute atomic E-state index is 0.239. The molecule has 3 N–H and O–H groups in total. The summed E-state index contributed by atoms with van der Waals surface area (Å²) in [5, 5.41) is 7.80. The quantitative estimate of drug-likeness (QED) is 0.876. The second kappa shape index (κ2) is 5.86. The van der Waals surface area contributed by atoms with E-state index in [4.69, 9.17) is 10.5 Å². The van der Waals surface area contributed by atoms with Crippen molar-refractivity contribution >= 4 is 17.2 Å². The third kappa shape index (κ3) is 2.87. The van der Waals surface area contributed by atoms with Gasteiger partial charge in [0.15, 0.2) is 5.82 Å². The van der Waals surface area contributed by atoms with Crippen molar-refractivity contribution in [1.82, 2.24) is 9.78 Å². The van der Waals surface area contributed by atoms with Gasteiger partial charge in [0.2, 0.25) is 0 Å². The zero-order valence-electron chi connectivity index (χ0n) is 12.5. The summed E-state index contributed by atoms with van der Waals surface area (Å²) in [6.07, 6.45) is 0. The van der Waals surface area contributed by atoms with Crippen LogP contribution in [0.5, 0.6) is 5.75 Å². The van der Waals surface area contributed by atoms with Crippen LogP contribution in [0, 0.1) is 6.92 Å². The van der Waals surface area contributed by atoms with E-state index in [-0.39, 0.29) is 6.04 Å². The van der Waals surface area contributed by atoms with Crippen LogP contribution in [-0.2, 0) is 0 Å². The summed E-state index contributed by atoms with van der Waals surface area (Å²) in [5.74, 6) is 1.66. The van der Waals surface area contributed by atoms with E-state index in [0.717, 1.165) is 22.9 Å². The number of hydrogen-bond donors (Lipinski definition) is 2. The van der Waals surface area contributed by atoms with Gasteiger partial charge in [-0.05, 0) is 39.8 Å². The first-order valence-corrected chi connectivity index (χ1v) is 6.87. The minimum atomic E-state index is 0.239. The van der Waals surface area contributed by atoms with Gasteiger partial charge in [-0.3, -0.25) is 0 Å². The van der Waals surface area contributed by atoms with Gasteiger partial charge >= 0.3 is 0 Å².